The summed E-state index contributed by atoms with van der Waals surface area (Å²) < 4.78 is 23.5. The monoisotopic (exact) mass is 375 g/mol. The lowest BCUT2D eigenvalue weighted by Gasteiger charge is -2.27. The number of likely N-dealkylation sites (N-methyl/N-ethyl adjacent to an activating group) is 1. The van der Waals surface area contributed by atoms with Crippen LogP contribution in [0.4, 0.5) is 4.39 Å². The smallest absolute Gasteiger partial charge is 0.338 e. The highest BCUT2D eigenvalue weighted by Crippen LogP contribution is 2.19. The first-order valence-electron chi connectivity index (χ1n) is 8.94. The van der Waals surface area contributed by atoms with E-state index in [9.17, 15) is 14.3 Å². The molecule has 5 nitrogen and oxygen atoms in total. The van der Waals surface area contributed by atoms with E-state index in [1.807, 2.05) is 18.9 Å². The van der Waals surface area contributed by atoms with Crippen molar-refractivity contribution in [2.75, 3.05) is 26.8 Å². The van der Waals surface area contributed by atoms with Gasteiger partial charge in [-0.2, -0.15) is 0 Å². The number of ether oxygens (including phenoxy) is 2. The molecule has 0 saturated carbocycles. The van der Waals surface area contributed by atoms with Gasteiger partial charge < -0.3 is 14.6 Å². The van der Waals surface area contributed by atoms with Crippen molar-refractivity contribution in [3.63, 3.8) is 0 Å². The Balaban J connectivity index is 1.82. The molecule has 27 heavy (non-hydrogen) atoms. The van der Waals surface area contributed by atoms with E-state index in [1.54, 1.807) is 43.3 Å². The molecule has 2 atom stereocenters. The lowest BCUT2D eigenvalue weighted by atomic mass is 10.1. The van der Waals surface area contributed by atoms with Crippen molar-refractivity contribution < 1.29 is 23.8 Å². The molecule has 2 aromatic carbocycles. The molecule has 0 aliphatic rings. The summed E-state index contributed by atoms with van der Waals surface area (Å²) in [6, 6.07) is 13.0. The van der Waals surface area contributed by atoms with Crippen molar-refractivity contribution in [3.8, 4) is 5.75 Å². The van der Waals surface area contributed by atoms with E-state index < -0.39 is 6.10 Å². The average Bonchev–Trinajstić information content (AvgIpc) is 2.67. The molecular formula is C21H26FNO4. The van der Waals surface area contributed by atoms with Gasteiger partial charge in [0.25, 0.3) is 0 Å². The summed E-state index contributed by atoms with van der Waals surface area (Å²) in [5, 5.41) is 10.2. The molecule has 0 unspecified atom stereocenters. The third-order valence-corrected chi connectivity index (χ3v) is 4.32. The van der Waals surface area contributed by atoms with Crippen LogP contribution < -0.4 is 4.74 Å². The van der Waals surface area contributed by atoms with E-state index in [0.717, 1.165) is 5.56 Å². The van der Waals surface area contributed by atoms with Crippen LogP contribution >= 0.6 is 0 Å². The van der Waals surface area contributed by atoms with Crippen LogP contribution in [0.1, 0.15) is 35.8 Å². The summed E-state index contributed by atoms with van der Waals surface area (Å²) in [7, 11) is 1.89. The lowest BCUT2D eigenvalue weighted by molar-refractivity contribution is 0.0525. The summed E-state index contributed by atoms with van der Waals surface area (Å²) in [6.45, 7) is 4.60. The summed E-state index contributed by atoms with van der Waals surface area (Å²) in [6.07, 6.45) is -0.692. The largest absolute Gasteiger partial charge is 0.491 e. The molecule has 6 heteroatoms. The topological polar surface area (TPSA) is 59.0 Å². The minimum Gasteiger partial charge on any atom is -0.491 e. The molecular weight excluding hydrogens is 349 g/mol. The Morgan fingerprint density at radius 3 is 2.37 bits per heavy atom. The third-order valence-electron chi connectivity index (χ3n) is 4.32. The van der Waals surface area contributed by atoms with Gasteiger partial charge in [0.15, 0.2) is 0 Å². The Hall–Kier alpha value is -2.44. The van der Waals surface area contributed by atoms with Gasteiger partial charge in [0.2, 0.25) is 0 Å². The van der Waals surface area contributed by atoms with E-state index in [-0.39, 0.29) is 24.4 Å². The van der Waals surface area contributed by atoms with Crippen molar-refractivity contribution in [3.05, 3.63) is 65.5 Å². The highest BCUT2D eigenvalue weighted by molar-refractivity contribution is 5.89. The Kier molecular flexibility index (Phi) is 7.76. The fourth-order valence-electron chi connectivity index (χ4n) is 2.63. The minimum atomic E-state index is -0.692. The second-order valence-electron chi connectivity index (χ2n) is 6.38. The molecule has 0 spiro atoms. The summed E-state index contributed by atoms with van der Waals surface area (Å²) in [4.78, 5) is 13.6. The number of hydrogen-bond donors (Lipinski definition) is 1. The highest BCUT2D eigenvalue weighted by Gasteiger charge is 2.16. The van der Waals surface area contributed by atoms with E-state index in [4.69, 9.17) is 9.47 Å². The summed E-state index contributed by atoms with van der Waals surface area (Å²) >= 11 is 0. The molecule has 1 N–H and O–H groups in total. The molecule has 0 fully saturated rings. The number of halogens is 1. The van der Waals surface area contributed by atoms with Crippen LogP contribution in [-0.2, 0) is 4.74 Å². The molecule has 0 radical (unpaired) electrons. The van der Waals surface area contributed by atoms with Crippen LogP contribution in [0.25, 0.3) is 0 Å². The van der Waals surface area contributed by atoms with Crippen LogP contribution in [-0.4, -0.2) is 48.9 Å². The van der Waals surface area contributed by atoms with E-state index in [0.29, 0.717) is 24.5 Å². The van der Waals surface area contributed by atoms with Crippen LogP contribution in [0, 0.1) is 5.82 Å². The number of nitrogens with zero attached hydrogens (tertiary/aromatic N) is 1. The lowest BCUT2D eigenvalue weighted by Crippen LogP contribution is -2.34. The first-order valence-corrected chi connectivity index (χ1v) is 8.94. The zero-order valence-corrected chi connectivity index (χ0v) is 15.9. The van der Waals surface area contributed by atoms with Gasteiger partial charge in [-0.1, -0.05) is 12.1 Å². The van der Waals surface area contributed by atoms with Crippen LogP contribution in [0.3, 0.4) is 0 Å². The first kappa shape index (κ1) is 20.9. The molecule has 0 bridgehead atoms. The number of aliphatic hydroxyl groups excluding tert-OH is 1. The quantitative estimate of drug-likeness (QED) is 0.681. The first-order chi connectivity index (χ1) is 12.9. The van der Waals surface area contributed by atoms with Gasteiger partial charge >= 0.3 is 5.97 Å². The number of benzene rings is 2. The van der Waals surface area contributed by atoms with Gasteiger partial charge in [-0.15, -0.1) is 0 Å². The number of aliphatic hydroxyl groups is 1. The maximum Gasteiger partial charge on any atom is 0.338 e. The average molecular weight is 375 g/mol. The van der Waals surface area contributed by atoms with E-state index in [1.165, 1.54) is 12.1 Å². The second kappa shape index (κ2) is 10.0. The highest BCUT2D eigenvalue weighted by atomic mass is 19.1. The number of carbonyl (C=O) groups is 1. The molecule has 146 valence electrons. The Morgan fingerprint density at radius 2 is 1.78 bits per heavy atom. The predicted molar refractivity (Wildman–Crippen MR) is 101 cm³/mol. The number of rotatable bonds is 9. The van der Waals surface area contributed by atoms with Crippen molar-refractivity contribution >= 4 is 5.97 Å². The van der Waals surface area contributed by atoms with Crippen LogP contribution in [0.15, 0.2) is 48.5 Å². The van der Waals surface area contributed by atoms with Crippen molar-refractivity contribution in [2.45, 2.75) is 26.0 Å². The molecule has 0 saturated heterocycles. The molecule has 0 aliphatic heterocycles. The van der Waals surface area contributed by atoms with Gasteiger partial charge in [0, 0.05) is 12.6 Å². The molecule has 2 aromatic rings. The normalized spacial score (nSPS) is 13.3. The Labute approximate surface area is 159 Å². The number of hydrogen-bond acceptors (Lipinski definition) is 5. The maximum absolute atomic E-state index is 13.0. The van der Waals surface area contributed by atoms with Crippen LogP contribution in [0.5, 0.6) is 5.75 Å². The third kappa shape index (κ3) is 6.34. The maximum atomic E-state index is 13.0. The second-order valence-corrected chi connectivity index (χ2v) is 6.38. The standard InChI is InChI=1S/C21H26FNO4/c1-4-26-21(25)17-7-11-20(12-8-17)27-14-19(24)13-23(3)15(2)16-5-9-18(22)10-6-16/h5-12,15,19,24H,4,13-14H2,1-3H3/t15-,19+/m0/s1. The molecule has 2 rings (SSSR count). The number of carbonyl (C=O) groups excluding carboxylic acids is 1. The van der Waals surface area contributed by atoms with Crippen LogP contribution in [0.2, 0.25) is 0 Å². The number of esters is 1. The summed E-state index contributed by atoms with van der Waals surface area (Å²) in [5.41, 5.74) is 1.43. The van der Waals surface area contributed by atoms with Crippen molar-refractivity contribution in [2.24, 2.45) is 0 Å². The van der Waals surface area contributed by atoms with Gasteiger partial charge in [0.1, 0.15) is 24.3 Å². The zero-order chi connectivity index (χ0) is 19.8. The Bertz CT molecular complexity index is 718. The van der Waals surface area contributed by atoms with Gasteiger partial charge in [-0.3, -0.25) is 4.90 Å². The van der Waals surface area contributed by atoms with Gasteiger partial charge in [-0.05, 0) is 62.9 Å². The molecule has 0 aliphatic carbocycles. The fourth-order valence-corrected chi connectivity index (χ4v) is 2.63. The SMILES string of the molecule is CCOC(=O)c1ccc(OC[C@H](O)CN(C)[C@@H](C)c2ccc(F)cc2)cc1. The van der Waals surface area contributed by atoms with Gasteiger partial charge in [0.05, 0.1) is 12.2 Å². The van der Waals surface area contributed by atoms with Gasteiger partial charge in [-0.25, -0.2) is 9.18 Å². The Morgan fingerprint density at radius 1 is 1.15 bits per heavy atom. The van der Waals surface area contributed by atoms with E-state index >= 15 is 0 Å². The van der Waals surface area contributed by atoms with Crippen molar-refractivity contribution in [1.29, 1.82) is 0 Å². The summed E-state index contributed by atoms with van der Waals surface area (Å²) in [5.74, 6) is -0.0761. The predicted octanol–water partition coefficient (Wildman–Crippen LogP) is 3.44. The molecule has 0 amide bonds. The zero-order valence-electron chi connectivity index (χ0n) is 15.9. The molecule has 0 aromatic heterocycles. The fraction of sp³-hybridized carbons (Fsp3) is 0.381. The van der Waals surface area contributed by atoms with E-state index in [2.05, 4.69) is 0 Å². The minimum absolute atomic E-state index is 0.0316. The van der Waals surface area contributed by atoms with Crippen molar-refractivity contribution in [1.82, 2.24) is 4.90 Å². The molecule has 0 heterocycles.